The molecule has 0 saturated carbocycles. The molecule has 1 unspecified atom stereocenters. The van der Waals surface area contributed by atoms with E-state index >= 15 is 0 Å². The van der Waals surface area contributed by atoms with Crippen LogP contribution in [0.15, 0.2) is 0 Å². The van der Waals surface area contributed by atoms with E-state index in [9.17, 15) is 0 Å². The van der Waals surface area contributed by atoms with Gasteiger partial charge in [-0.1, -0.05) is 13.8 Å². The Bertz CT molecular complexity index is 117. The number of methoxy groups -OCH3 is 1. The Morgan fingerprint density at radius 3 is 2.45 bits per heavy atom. The number of hydrogen-bond donors (Lipinski definition) is 1. The predicted octanol–water partition coefficient (Wildman–Crippen LogP) is 1.41. The maximum absolute atomic E-state index is 5.58. The first-order chi connectivity index (χ1) is 5.21. The molecule has 0 aliphatic carbocycles. The van der Waals surface area contributed by atoms with Crippen LogP contribution in [-0.2, 0) is 4.74 Å². The Morgan fingerprint density at radius 1 is 1.45 bits per heavy atom. The normalized spacial score (nSPS) is 32.7. The highest BCUT2D eigenvalue weighted by molar-refractivity contribution is 4.89. The third-order valence-corrected chi connectivity index (χ3v) is 2.84. The summed E-state index contributed by atoms with van der Waals surface area (Å²) in [7, 11) is 1.83. The van der Waals surface area contributed by atoms with E-state index in [2.05, 4.69) is 19.2 Å². The Balaban J connectivity index is 2.57. The molecule has 0 radical (unpaired) electrons. The van der Waals surface area contributed by atoms with Crippen LogP contribution in [0.25, 0.3) is 0 Å². The second-order valence-corrected chi connectivity index (χ2v) is 3.70. The number of ether oxygens (including phenoxy) is 1. The average Bonchev–Trinajstić information content (AvgIpc) is 2.05. The summed E-state index contributed by atoms with van der Waals surface area (Å²) in [5.74, 6) is 0.611. The summed E-state index contributed by atoms with van der Waals surface area (Å²) in [6.07, 6.45) is 2.44. The summed E-state index contributed by atoms with van der Waals surface area (Å²) in [6, 6.07) is 0. The zero-order valence-electron chi connectivity index (χ0n) is 7.81. The van der Waals surface area contributed by atoms with Crippen LogP contribution in [0.2, 0.25) is 0 Å². The van der Waals surface area contributed by atoms with Gasteiger partial charge in [0, 0.05) is 13.7 Å². The van der Waals surface area contributed by atoms with E-state index in [1.807, 2.05) is 7.11 Å². The van der Waals surface area contributed by atoms with Crippen LogP contribution >= 0.6 is 0 Å². The van der Waals surface area contributed by atoms with Gasteiger partial charge in [0.2, 0.25) is 0 Å². The molecule has 1 rings (SSSR count). The van der Waals surface area contributed by atoms with Gasteiger partial charge in [-0.15, -0.1) is 0 Å². The molecule has 0 spiro atoms. The molecular formula is C9H19NO. The van der Waals surface area contributed by atoms with Crippen LogP contribution < -0.4 is 5.32 Å². The van der Waals surface area contributed by atoms with E-state index < -0.39 is 0 Å². The zero-order valence-corrected chi connectivity index (χ0v) is 7.81. The summed E-state index contributed by atoms with van der Waals surface area (Å²) < 4.78 is 5.58. The fourth-order valence-corrected chi connectivity index (χ4v) is 1.80. The van der Waals surface area contributed by atoms with E-state index in [1.165, 1.54) is 12.8 Å². The molecule has 1 saturated heterocycles. The van der Waals surface area contributed by atoms with E-state index in [-0.39, 0.29) is 5.60 Å². The molecule has 0 aromatic carbocycles. The van der Waals surface area contributed by atoms with Crippen LogP contribution in [0.4, 0.5) is 0 Å². The van der Waals surface area contributed by atoms with Gasteiger partial charge in [-0.05, 0) is 25.3 Å². The van der Waals surface area contributed by atoms with Gasteiger partial charge in [-0.2, -0.15) is 0 Å². The lowest BCUT2D eigenvalue weighted by Gasteiger charge is -2.39. The van der Waals surface area contributed by atoms with Gasteiger partial charge in [-0.25, -0.2) is 0 Å². The molecule has 66 valence electrons. The van der Waals surface area contributed by atoms with Gasteiger partial charge in [-0.3, -0.25) is 0 Å². The van der Waals surface area contributed by atoms with Crippen LogP contribution in [0, 0.1) is 5.92 Å². The minimum absolute atomic E-state index is 0.109. The Labute approximate surface area is 69.3 Å². The van der Waals surface area contributed by atoms with E-state index in [0.717, 1.165) is 13.1 Å². The van der Waals surface area contributed by atoms with Crippen molar-refractivity contribution in [1.29, 1.82) is 0 Å². The summed E-state index contributed by atoms with van der Waals surface area (Å²) >= 11 is 0. The maximum Gasteiger partial charge on any atom is 0.0825 e. The molecule has 2 heteroatoms. The first-order valence-electron chi connectivity index (χ1n) is 4.47. The molecule has 1 aliphatic heterocycles. The largest absolute Gasteiger partial charge is 0.377 e. The fourth-order valence-electron chi connectivity index (χ4n) is 1.80. The van der Waals surface area contributed by atoms with Crippen LogP contribution in [-0.4, -0.2) is 25.8 Å². The van der Waals surface area contributed by atoms with Crippen molar-refractivity contribution in [3.8, 4) is 0 Å². The monoisotopic (exact) mass is 157 g/mol. The van der Waals surface area contributed by atoms with Gasteiger partial charge in [0.25, 0.3) is 0 Å². The molecule has 1 heterocycles. The zero-order chi connectivity index (χ0) is 8.32. The van der Waals surface area contributed by atoms with Gasteiger partial charge in [0.05, 0.1) is 5.60 Å². The number of piperidine rings is 1. The summed E-state index contributed by atoms with van der Waals surface area (Å²) in [6.45, 7) is 6.63. The second-order valence-electron chi connectivity index (χ2n) is 3.70. The van der Waals surface area contributed by atoms with Crippen molar-refractivity contribution in [3.05, 3.63) is 0 Å². The van der Waals surface area contributed by atoms with E-state index in [1.54, 1.807) is 0 Å². The predicted molar refractivity (Wildman–Crippen MR) is 46.7 cm³/mol. The Kier molecular flexibility index (Phi) is 2.90. The highest BCUT2D eigenvalue weighted by atomic mass is 16.5. The molecule has 1 N–H and O–H groups in total. The van der Waals surface area contributed by atoms with Crippen LogP contribution in [0.5, 0.6) is 0 Å². The summed E-state index contributed by atoms with van der Waals surface area (Å²) in [5.41, 5.74) is 0.109. The molecule has 0 aromatic heterocycles. The second kappa shape index (κ2) is 3.55. The lowest BCUT2D eigenvalue weighted by Crippen LogP contribution is -2.50. The molecule has 11 heavy (non-hydrogen) atoms. The Morgan fingerprint density at radius 2 is 2.18 bits per heavy atom. The van der Waals surface area contributed by atoms with Gasteiger partial charge >= 0.3 is 0 Å². The molecule has 0 aromatic rings. The minimum atomic E-state index is 0.109. The molecule has 1 aliphatic rings. The van der Waals surface area contributed by atoms with Crippen molar-refractivity contribution in [2.45, 2.75) is 32.3 Å². The molecule has 0 bridgehead atoms. The first kappa shape index (κ1) is 9.01. The fraction of sp³-hybridized carbons (Fsp3) is 1.00. The van der Waals surface area contributed by atoms with Crippen molar-refractivity contribution in [3.63, 3.8) is 0 Å². The maximum atomic E-state index is 5.58. The third-order valence-electron chi connectivity index (χ3n) is 2.84. The molecule has 1 atom stereocenters. The van der Waals surface area contributed by atoms with Gasteiger partial charge < -0.3 is 10.1 Å². The number of nitrogens with one attached hydrogen (secondary N) is 1. The topological polar surface area (TPSA) is 21.3 Å². The number of hydrogen-bond acceptors (Lipinski definition) is 2. The van der Waals surface area contributed by atoms with Crippen molar-refractivity contribution in [1.82, 2.24) is 5.32 Å². The highest BCUT2D eigenvalue weighted by Crippen LogP contribution is 2.27. The van der Waals surface area contributed by atoms with Crippen LogP contribution in [0.1, 0.15) is 26.7 Å². The lowest BCUT2D eigenvalue weighted by atomic mass is 9.83. The van der Waals surface area contributed by atoms with Crippen LogP contribution in [0.3, 0.4) is 0 Å². The summed E-state index contributed by atoms with van der Waals surface area (Å²) in [4.78, 5) is 0. The van der Waals surface area contributed by atoms with Crippen molar-refractivity contribution in [2.75, 3.05) is 20.2 Å². The summed E-state index contributed by atoms with van der Waals surface area (Å²) in [5, 5.41) is 3.38. The molecule has 1 fully saturated rings. The van der Waals surface area contributed by atoms with Crippen molar-refractivity contribution in [2.24, 2.45) is 5.92 Å². The molecule has 0 amide bonds. The number of rotatable bonds is 2. The smallest absolute Gasteiger partial charge is 0.0825 e. The Hall–Kier alpha value is -0.0800. The minimum Gasteiger partial charge on any atom is -0.377 e. The lowest BCUT2D eigenvalue weighted by molar-refractivity contribution is -0.0633. The molecular weight excluding hydrogens is 138 g/mol. The van der Waals surface area contributed by atoms with Gasteiger partial charge in [0.15, 0.2) is 0 Å². The van der Waals surface area contributed by atoms with E-state index in [0.29, 0.717) is 5.92 Å². The first-order valence-corrected chi connectivity index (χ1v) is 4.47. The average molecular weight is 157 g/mol. The molecule has 2 nitrogen and oxygen atoms in total. The van der Waals surface area contributed by atoms with Crippen molar-refractivity contribution < 1.29 is 4.74 Å². The van der Waals surface area contributed by atoms with Crippen molar-refractivity contribution >= 4 is 0 Å². The third kappa shape index (κ3) is 1.74. The SMILES string of the molecule is COC1(C(C)C)CCCNC1. The van der Waals surface area contributed by atoms with E-state index in [4.69, 9.17) is 4.74 Å². The van der Waals surface area contributed by atoms with Gasteiger partial charge in [0.1, 0.15) is 0 Å². The standard InChI is InChI=1S/C9H19NO/c1-8(2)9(11-3)5-4-6-10-7-9/h8,10H,4-7H2,1-3H3. The highest BCUT2D eigenvalue weighted by Gasteiger charge is 2.34. The quantitative estimate of drug-likeness (QED) is 0.654.